The van der Waals surface area contributed by atoms with Crippen LogP contribution in [0.5, 0.6) is 0 Å². The van der Waals surface area contributed by atoms with Gasteiger partial charge in [0.15, 0.2) is 0 Å². The first kappa shape index (κ1) is 52.3. The van der Waals surface area contributed by atoms with Gasteiger partial charge in [0.25, 0.3) is 0 Å². The standard InChI is InChI=1S/C51H67ClN10O7S/c1-31-24-40(64)44-43(31)47(57-29-56-44)60-20-22-61(23-21-60)49(68)38(34-13-15-36(52)16-14-34)27-53-19-17-41(65)54-18-7-6-8-42(66)59-46(51(3,4)5)50(69)62-28-37(63)25-39(62)48(67)55-26-33-9-11-35(12-10-33)45-32(2)58-30-70-45/h9-16,29-31,37-40,46,53,63-64H,6-8,17-28H2,1-5H3,(H,54,65)(H,55,67)(H,59,66)/t31-,37-,38?,39+,40-,46?/m1/s1. The van der Waals surface area contributed by atoms with Gasteiger partial charge in [0.05, 0.1) is 39.9 Å². The van der Waals surface area contributed by atoms with Crippen LogP contribution in [0.3, 0.4) is 0 Å². The van der Waals surface area contributed by atoms with Crippen molar-refractivity contribution in [1.29, 1.82) is 0 Å². The van der Waals surface area contributed by atoms with Crippen LogP contribution in [0.15, 0.2) is 60.4 Å². The lowest BCUT2D eigenvalue weighted by Gasteiger charge is -2.38. The normalized spacial score (nSPS) is 19.9. The number of nitrogens with one attached hydrogen (secondary N) is 4. The second-order valence-corrected chi connectivity index (χ2v) is 21.1. The number of anilines is 1. The monoisotopic (exact) mass is 998 g/mol. The molecule has 376 valence electrons. The molecule has 3 aliphatic rings. The quantitative estimate of drug-likeness (QED) is 0.0710. The van der Waals surface area contributed by atoms with E-state index in [1.807, 2.05) is 74.5 Å². The number of aryl methyl sites for hydroxylation is 1. The summed E-state index contributed by atoms with van der Waals surface area (Å²) in [4.78, 5) is 87.4. The summed E-state index contributed by atoms with van der Waals surface area (Å²) in [7, 11) is 0. The first-order valence-electron chi connectivity index (χ1n) is 24.3. The number of halogens is 1. The summed E-state index contributed by atoms with van der Waals surface area (Å²) in [6.45, 7) is 13.1. The minimum Gasteiger partial charge on any atom is -0.391 e. The Hall–Kier alpha value is -5.53. The van der Waals surface area contributed by atoms with Crippen molar-refractivity contribution < 1.29 is 34.2 Å². The number of benzene rings is 2. The van der Waals surface area contributed by atoms with E-state index >= 15 is 0 Å². The third kappa shape index (κ3) is 13.1. The van der Waals surface area contributed by atoms with Gasteiger partial charge in [0.2, 0.25) is 29.5 Å². The molecule has 2 aromatic carbocycles. The number of nitrogens with zero attached hydrogens (tertiary/aromatic N) is 6. The van der Waals surface area contributed by atoms with Crippen molar-refractivity contribution in [1.82, 2.24) is 46.0 Å². The van der Waals surface area contributed by atoms with Crippen molar-refractivity contribution in [3.8, 4) is 10.4 Å². The van der Waals surface area contributed by atoms with Gasteiger partial charge in [0.1, 0.15) is 24.2 Å². The topological polar surface area (TPSA) is 222 Å². The second-order valence-electron chi connectivity index (χ2n) is 19.8. The molecule has 17 nitrogen and oxygen atoms in total. The molecule has 7 rings (SSSR count). The number of aliphatic hydroxyl groups excluding tert-OH is 2. The number of hydrogen-bond donors (Lipinski definition) is 6. The van der Waals surface area contributed by atoms with Gasteiger partial charge in [-0.05, 0) is 66.3 Å². The fourth-order valence-corrected chi connectivity index (χ4v) is 10.5. The summed E-state index contributed by atoms with van der Waals surface area (Å²) < 4.78 is 0. The summed E-state index contributed by atoms with van der Waals surface area (Å²) in [5, 5.41) is 33.7. The second kappa shape index (κ2) is 23.6. The Bertz CT molecular complexity index is 2460. The summed E-state index contributed by atoms with van der Waals surface area (Å²) in [6.07, 6.45) is 2.08. The van der Waals surface area contributed by atoms with Crippen LogP contribution in [0, 0.1) is 12.3 Å². The van der Waals surface area contributed by atoms with Crippen molar-refractivity contribution in [2.24, 2.45) is 5.41 Å². The lowest BCUT2D eigenvalue weighted by molar-refractivity contribution is -0.144. The number of aliphatic hydroxyl groups is 2. The largest absolute Gasteiger partial charge is 0.391 e. The first-order chi connectivity index (χ1) is 33.5. The van der Waals surface area contributed by atoms with E-state index in [2.05, 4.69) is 48.0 Å². The van der Waals surface area contributed by atoms with Gasteiger partial charge >= 0.3 is 0 Å². The molecule has 4 heterocycles. The van der Waals surface area contributed by atoms with E-state index in [1.54, 1.807) is 23.5 Å². The third-order valence-corrected chi connectivity index (χ3v) is 14.7. The fourth-order valence-electron chi connectivity index (χ4n) is 9.54. The zero-order chi connectivity index (χ0) is 50.1. The van der Waals surface area contributed by atoms with E-state index in [1.165, 1.54) is 11.2 Å². The molecule has 4 aromatic rings. The smallest absolute Gasteiger partial charge is 0.246 e. The van der Waals surface area contributed by atoms with Gasteiger partial charge in [-0.25, -0.2) is 15.0 Å². The zero-order valence-corrected chi connectivity index (χ0v) is 42.3. The van der Waals surface area contributed by atoms with Crippen LogP contribution >= 0.6 is 22.9 Å². The van der Waals surface area contributed by atoms with Crippen LogP contribution in [-0.4, -0.2) is 135 Å². The van der Waals surface area contributed by atoms with Gasteiger partial charge in [-0.3, -0.25) is 24.0 Å². The van der Waals surface area contributed by atoms with Crippen LogP contribution in [-0.2, 0) is 30.5 Å². The van der Waals surface area contributed by atoms with Crippen molar-refractivity contribution in [2.75, 3.05) is 57.3 Å². The molecular formula is C51H67ClN10O7S. The highest BCUT2D eigenvalue weighted by Gasteiger charge is 2.44. The average molecular weight is 1000 g/mol. The minimum absolute atomic E-state index is 0.0168. The number of β-amino-alcohol motifs (C(OH)–C–C–N with tert-alkyl or cyclic N) is 1. The third-order valence-electron chi connectivity index (χ3n) is 13.5. The van der Waals surface area contributed by atoms with Crippen LogP contribution < -0.4 is 26.2 Å². The van der Waals surface area contributed by atoms with Gasteiger partial charge in [0, 0.05) is 88.8 Å². The highest BCUT2D eigenvalue weighted by atomic mass is 35.5. The number of piperazine rings is 1. The maximum absolute atomic E-state index is 14.1. The number of rotatable bonds is 19. The molecule has 0 spiro atoms. The van der Waals surface area contributed by atoms with E-state index < -0.39 is 41.5 Å². The van der Waals surface area contributed by atoms with E-state index in [0.29, 0.717) is 75.8 Å². The van der Waals surface area contributed by atoms with Crippen LogP contribution in [0.1, 0.15) is 112 Å². The van der Waals surface area contributed by atoms with E-state index in [4.69, 9.17) is 11.6 Å². The molecule has 2 saturated heterocycles. The molecule has 2 fully saturated rings. The Balaban J connectivity index is 0.819. The Morgan fingerprint density at radius 1 is 0.857 bits per heavy atom. The van der Waals surface area contributed by atoms with Crippen LogP contribution in [0.4, 0.5) is 5.82 Å². The first-order valence-corrected chi connectivity index (χ1v) is 25.6. The number of carbonyl (C=O) groups is 5. The molecule has 19 heteroatoms. The number of amides is 5. The van der Waals surface area contributed by atoms with Gasteiger partial charge in [-0.15, -0.1) is 11.3 Å². The molecule has 70 heavy (non-hydrogen) atoms. The predicted octanol–water partition coefficient (Wildman–Crippen LogP) is 4.61. The van der Waals surface area contributed by atoms with E-state index in [-0.39, 0.29) is 61.9 Å². The van der Waals surface area contributed by atoms with Crippen molar-refractivity contribution >= 4 is 58.3 Å². The summed E-state index contributed by atoms with van der Waals surface area (Å²) in [5.74, 6) is -0.820. The average Bonchev–Trinajstić information content (AvgIpc) is 4.04. The SMILES string of the molecule is Cc1ncsc1-c1ccc(CNC(=O)[C@@H]2C[C@@H](O)CN2C(=O)C(NC(=O)CCCCNC(=O)CCNCC(C(=O)N2CCN(c3ncnc4c3[C@H](C)C[C@H]4O)CC2)c2ccc(Cl)cc2)C(C)(C)C)cc1. The molecule has 2 aliphatic heterocycles. The lowest BCUT2D eigenvalue weighted by atomic mass is 9.85. The van der Waals surface area contributed by atoms with Crippen molar-refractivity contribution in [3.05, 3.63) is 93.5 Å². The molecule has 1 aliphatic carbocycles. The molecule has 6 atom stereocenters. The predicted molar refractivity (Wildman–Crippen MR) is 269 cm³/mol. The summed E-state index contributed by atoms with van der Waals surface area (Å²) >= 11 is 7.77. The molecule has 5 amide bonds. The highest BCUT2D eigenvalue weighted by molar-refractivity contribution is 7.13. The number of thiazole rings is 1. The molecule has 0 saturated carbocycles. The van der Waals surface area contributed by atoms with Crippen molar-refractivity contribution in [2.45, 2.75) is 116 Å². The Labute approximate surface area is 419 Å². The van der Waals surface area contributed by atoms with Crippen LogP contribution in [0.2, 0.25) is 5.02 Å². The molecule has 0 bridgehead atoms. The summed E-state index contributed by atoms with van der Waals surface area (Å²) in [6, 6.07) is 13.3. The Kier molecular flexibility index (Phi) is 17.6. The maximum atomic E-state index is 14.1. The fraction of sp³-hybridized carbons (Fsp3) is 0.529. The molecular weight excluding hydrogens is 932 g/mol. The number of carbonyl (C=O) groups excluding carboxylic acids is 5. The number of fused-ring (bicyclic) bond motifs is 1. The Morgan fingerprint density at radius 3 is 2.27 bits per heavy atom. The van der Waals surface area contributed by atoms with Gasteiger partial charge < -0.3 is 46.2 Å². The van der Waals surface area contributed by atoms with E-state index in [9.17, 15) is 34.2 Å². The summed E-state index contributed by atoms with van der Waals surface area (Å²) in [5.41, 5.74) is 6.52. The van der Waals surface area contributed by atoms with E-state index in [0.717, 1.165) is 38.6 Å². The number of hydrogen-bond acceptors (Lipinski definition) is 13. The van der Waals surface area contributed by atoms with Crippen LogP contribution in [0.25, 0.3) is 10.4 Å². The Morgan fingerprint density at radius 2 is 1.59 bits per heavy atom. The molecule has 2 aromatic heterocycles. The lowest BCUT2D eigenvalue weighted by Crippen LogP contribution is -2.57. The molecule has 2 unspecified atom stereocenters. The highest BCUT2D eigenvalue weighted by Crippen LogP contribution is 2.43. The number of likely N-dealkylation sites (tertiary alicyclic amines) is 1. The minimum atomic E-state index is -0.938. The van der Waals surface area contributed by atoms with Crippen molar-refractivity contribution in [3.63, 3.8) is 0 Å². The number of aromatic nitrogens is 3. The molecule has 6 N–H and O–H groups in total. The maximum Gasteiger partial charge on any atom is 0.246 e. The number of unbranched alkanes of at least 4 members (excludes halogenated alkanes) is 1. The van der Waals surface area contributed by atoms with Gasteiger partial charge in [-0.2, -0.15) is 0 Å². The zero-order valence-electron chi connectivity index (χ0n) is 40.7. The van der Waals surface area contributed by atoms with Gasteiger partial charge in [-0.1, -0.05) is 75.7 Å². The molecule has 0 radical (unpaired) electrons.